The Kier molecular flexibility index (Phi) is 7.53. The van der Waals surface area contributed by atoms with Crippen LogP contribution in [0.3, 0.4) is 0 Å². The fraction of sp³-hybridized carbons (Fsp3) is 0.240. The monoisotopic (exact) mass is 452 g/mol. The van der Waals surface area contributed by atoms with Crippen molar-refractivity contribution in [3.8, 4) is 11.5 Å². The maximum absolute atomic E-state index is 12.6. The summed E-state index contributed by atoms with van der Waals surface area (Å²) >= 11 is 0. The van der Waals surface area contributed by atoms with Crippen LogP contribution in [0.1, 0.15) is 31.0 Å². The molecule has 3 aromatic carbocycles. The molecule has 168 valence electrons. The van der Waals surface area contributed by atoms with Crippen LogP contribution < -0.4 is 14.4 Å². The highest BCUT2D eigenvalue weighted by Crippen LogP contribution is 2.25. The molecule has 0 radical (unpaired) electrons. The minimum absolute atomic E-state index is 0.239. The molecule has 0 saturated carbocycles. The van der Waals surface area contributed by atoms with Gasteiger partial charge in [-0.2, -0.15) is 0 Å². The van der Waals surface area contributed by atoms with Crippen molar-refractivity contribution in [2.24, 2.45) is 0 Å². The molecule has 0 aliphatic carbocycles. The number of carbonyl (C=O) groups excluding carboxylic acids is 1. The Balaban J connectivity index is 1.68. The van der Waals surface area contributed by atoms with Crippen molar-refractivity contribution in [3.63, 3.8) is 0 Å². The van der Waals surface area contributed by atoms with Gasteiger partial charge in [-0.05, 0) is 60.9 Å². The summed E-state index contributed by atoms with van der Waals surface area (Å²) in [6.07, 6.45) is 2.03. The van der Waals surface area contributed by atoms with E-state index in [2.05, 4.69) is 12.2 Å². The summed E-state index contributed by atoms with van der Waals surface area (Å²) in [5.41, 5.74) is 2.57. The van der Waals surface area contributed by atoms with Gasteiger partial charge in [0, 0.05) is 0 Å². The van der Waals surface area contributed by atoms with Gasteiger partial charge in [-0.3, -0.25) is 9.10 Å². The smallest absolute Gasteiger partial charge is 0.241 e. The van der Waals surface area contributed by atoms with Gasteiger partial charge in [0.15, 0.2) is 0 Å². The van der Waals surface area contributed by atoms with Gasteiger partial charge in [0.1, 0.15) is 18.0 Å². The summed E-state index contributed by atoms with van der Waals surface area (Å²) in [7, 11) is -3.66. The molecule has 0 heterocycles. The van der Waals surface area contributed by atoms with Gasteiger partial charge in [-0.25, -0.2) is 8.42 Å². The Morgan fingerprint density at radius 3 is 2.09 bits per heavy atom. The van der Waals surface area contributed by atoms with Gasteiger partial charge in [-0.1, -0.05) is 49.4 Å². The van der Waals surface area contributed by atoms with Crippen LogP contribution in [0.2, 0.25) is 0 Å². The molecule has 0 fully saturated rings. The molecular weight excluding hydrogens is 424 g/mol. The minimum Gasteiger partial charge on any atom is -0.457 e. The number of hydrogen-bond acceptors (Lipinski definition) is 4. The quantitative estimate of drug-likeness (QED) is 0.511. The molecule has 3 aromatic rings. The Morgan fingerprint density at radius 1 is 0.938 bits per heavy atom. The van der Waals surface area contributed by atoms with E-state index in [9.17, 15) is 13.2 Å². The van der Waals surface area contributed by atoms with E-state index in [1.807, 2.05) is 61.5 Å². The molecule has 1 atom stereocenters. The Labute approximate surface area is 189 Å². The van der Waals surface area contributed by atoms with E-state index in [4.69, 9.17) is 4.74 Å². The molecule has 0 aromatic heterocycles. The van der Waals surface area contributed by atoms with E-state index in [1.54, 1.807) is 24.3 Å². The second-order valence-corrected chi connectivity index (χ2v) is 9.47. The predicted molar refractivity (Wildman–Crippen MR) is 128 cm³/mol. The average molecular weight is 453 g/mol. The first-order chi connectivity index (χ1) is 15.3. The third-order valence-corrected chi connectivity index (χ3v) is 6.20. The van der Waals surface area contributed by atoms with Gasteiger partial charge in [0.2, 0.25) is 15.9 Å². The number of rotatable bonds is 9. The number of anilines is 1. The van der Waals surface area contributed by atoms with Crippen molar-refractivity contribution in [2.45, 2.75) is 26.3 Å². The maximum Gasteiger partial charge on any atom is 0.241 e. The maximum atomic E-state index is 12.6. The molecule has 0 aliphatic rings. The summed E-state index contributed by atoms with van der Waals surface area (Å²) in [6.45, 7) is 3.65. The number of aryl methyl sites for hydroxylation is 1. The Morgan fingerprint density at radius 2 is 1.53 bits per heavy atom. The molecule has 1 unspecified atom stereocenters. The number of hydrogen-bond donors (Lipinski definition) is 1. The first-order valence-corrected chi connectivity index (χ1v) is 12.3. The lowest BCUT2D eigenvalue weighted by Crippen LogP contribution is -2.41. The highest BCUT2D eigenvalue weighted by molar-refractivity contribution is 7.92. The standard InChI is InChI=1S/C25H28N2O4S/c1-4-20-10-12-21(13-11-20)19(2)26-25(28)18-27(32(3,29)30)22-14-16-24(17-15-22)31-23-8-6-5-7-9-23/h5-17,19H,4,18H2,1-3H3,(H,26,28). The summed E-state index contributed by atoms with van der Waals surface area (Å²) < 4.78 is 31.6. The summed E-state index contributed by atoms with van der Waals surface area (Å²) in [5, 5.41) is 2.88. The second kappa shape index (κ2) is 10.3. The normalized spacial score (nSPS) is 12.1. The molecule has 3 rings (SSSR count). The molecular formula is C25H28N2O4S. The van der Waals surface area contributed by atoms with Gasteiger partial charge in [0.25, 0.3) is 0 Å². The van der Waals surface area contributed by atoms with Gasteiger partial charge in [-0.15, -0.1) is 0 Å². The molecule has 7 heteroatoms. The topological polar surface area (TPSA) is 75.7 Å². The Hall–Kier alpha value is -3.32. The fourth-order valence-electron chi connectivity index (χ4n) is 3.25. The minimum atomic E-state index is -3.66. The van der Waals surface area contributed by atoms with Crippen molar-refractivity contribution >= 4 is 21.6 Å². The van der Waals surface area contributed by atoms with Crippen LogP contribution in [0.5, 0.6) is 11.5 Å². The molecule has 1 amide bonds. The first-order valence-electron chi connectivity index (χ1n) is 10.4. The lowest BCUT2D eigenvalue weighted by atomic mass is 10.1. The number of amides is 1. The van der Waals surface area contributed by atoms with E-state index in [0.29, 0.717) is 17.2 Å². The summed E-state index contributed by atoms with van der Waals surface area (Å²) in [4.78, 5) is 12.6. The highest BCUT2D eigenvalue weighted by atomic mass is 32.2. The van der Waals surface area contributed by atoms with Crippen molar-refractivity contribution in [1.29, 1.82) is 0 Å². The highest BCUT2D eigenvalue weighted by Gasteiger charge is 2.22. The van der Waals surface area contributed by atoms with Crippen LogP contribution in [0, 0.1) is 0 Å². The molecule has 0 bridgehead atoms. The largest absolute Gasteiger partial charge is 0.457 e. The van der Waals surface area contributed by atoms with Crippen LogP contribution in [0.25, 0.3) is 0 Å². The second-order valence-electron chi connectivity index (χ2n) is 7.56. The average Bonchev–Trinajstić information content (AvgIpc) is 2.78. The van der Waals surface area contributed by atoms with Crippen molar-refractivity contribution < 1.29 is 17.9 Å². The van der Waals surface area contributed by atoms with E-state index in [0.717, 1.165) is 22.5 Å². The first kappa shape index (κ1) is 23.3. The van der Waals surface area contributed by atoms with Crippen LogP contribution in [0.4, 0.5) is 5.69 Å². The number of para-hydroxylation sites is 1. The van der Waals surface area contributed by atoms with Crippen LogP contribution in [-0.4, -0.2) is 27.1 Å². The summed E-state index contributed by atoms with van der Waals surface area (Å²) in [5.74, 6) is 0.870. The van der Waals surface area contributed by atoms with Gasteiger partial charge >= 0.3 is 0 Å². The van der Waals surface area contributed by atoms with Crippen LogP contribution in [0.15, 0.2) is 78.9 Å². The van der Waals surface area contributed by atoms with Gasteiger partial charge in [0.05, 0.1) is 18.0 Å². The lowest BCUT2D eigenvalue weighted by Gasteiger charge is -2.23. The third kappa shape index (κ3) is 6.34. The fourth-order valence-corrected chi connectivity index (χ4v) is 4.10. The van der Waals surface area contributed by atoms with Crippen LogP contribution >= 0.6 is 0 Å². The molecule has 1 N–H and O–H groups in total. The molecule has 6 nitrogen and oxygen atoms in total. The molecule has 0 saturated heterocycles. The van der Waals surface area contributed by atoms with Crippen molar-refractivity contribution in [1.82, 2.24) is 5.32 Å². The number of sulfonamides is 1. The lowest BCUT2D eigenvalue weighted by molar-refractivity contribution is -0.120. The summed E-state index contributed by atoms with van der Waals surface area (Å²) in [6, 6.07) is 23.7. The van der Waals surface area contributed by atoms with Gasteiger partial charge < -0.3 is 10.1 Å². The molecule has 0 spiro atoms. The number of nitrogens with zero attached hydrogens (tertiary/aromatic N) is 1. The van der Waals surface area contributed by atoms with E-state index in [1.165, 1.54) is 5.56 Å². The molecule has 0 aliphatic heterocycles. The van der Waals surface area contributed by atoms with E-state index in [-0.39, 0.29) is 18.5 Å². The number of nitrogens with one attached hydrogen (secondary N) is 1. The van der Waals surface area contributed by atoms with Crippen molar-refractivity contribution in [3.05, 3.63) is 90.0 Å². The SMILES string of the molecule is CCc1ccc(C(C)NC(=O)CN(c2ccc(Oc3ccccc3)cc2)S(C)(=O)=O)cc1. The zero-order valence-corrected chi connectivity index (χ0v) is 19.3. The van der Waals surface area contributed by atoms with E-state index >= 15 is 0 Å². The number of ether oxygens (including phenoxy) is 1. The Bertz CT molecular complexity index is 1130. The predicted octanol–water partition coefficient (Wildman–Crippen LogP) is 4.68. The number of benzene rings is 3. The van der Waals surface area contributed by atoms with E-state index < -0.39 is 10.0 Å². The van der Waals surface area contributed by atoms with Crippen LogP contribution in [-0.2, 0) is 21.2 Å². The number of carbonyl (C=O) groups is 1. The zero-order chi connectivity index (χ0) is 23.1. The molecule has 32 heavy (non-hydrogen) atoms. The van der Waals surface area contributed by atoms with Crippen molar-refractivity contribution in [2.75, 3.05) is 17.1 Å². The third-order valence-electron chi connectivity index (χ3n) is 5.06. The zero-order valence-electron chi connectivity index (χ0n) is 18.5.